The number of aromatic amines is 1. The molecule has 1 saturated heterocycles. The first-order valence-electron chi connectivity index (χ1n) is 15.1. The number of aliphatic hydroxyl groups is 1. The fraction of sp³-hybridized carbons (Fsp3) is 0.343. The van der Waals surface area contributed by atoms with Gasteiger partial charge >= 0.3 is 11.6 Å². The van der Waals surface area contributed by atoms with E-state index in [9.17, 15) is 29.7 Å². The average Bonchev–Trinajstić information content (AvgIpc) is 3.47. The monoisotopic (exact) mass is 661 g/mol. The minimum atomic E-state index is -1.51. The number of aryl methyl sites for hydroxylation is 1. The van der Waals surface area contributed by atoms with Gasteiger partial charge in [0.1, 0.15) is 34.6 Å². The van der Waals surface area contributed by atoms with Crippen LogP contribution in [-0.4, -0.2) is 64.4 Å². The van der Waals surface area contributed by atoms with Crippen molar-refractivity contribution in [2.45, 2.75) is 71.2 Å². The SMILES string of the molecule is CO[C@@H]1[C@@H](OC(=O)c2ccc(C)[nH]2)[C@@H](O)[C@H](Oc2ccc3c([O-])c(NC(=O)c4ccc(O)c(CC=C(C)C)c4)c(=O)oc3c2)OC1(C)C. The zero-order chi connectivity index (χ0) is 34.9. The van der Waals surface area contributed by atoms with Crippen LogP contribution in [0.2, 0.25) is 0 Å². The van der Waals surface area contributed by atoms with E-state index in [1.54, 1.807) is 32.9 Å². The number of carbonyl (C=O) groups is 2. The summed E-state index contributed by atoms with van der Waals surface area (Å²) in [6.45, 7) is 8.96. The summed E-state index contributed by atoms with van der Waals surface area (Å²) in [5.74, 6) is -2.16. The third kappa shape index (κ3) is 7.08. The fourth-order valence-corrected chi connectivity index (χ4v) is 5.48. The molecule has 1 fully saturated rings. The molecule has 13 nitrogen and oxygen atoms in total. The van der Waals surface area contributed by atoms with E-state index in [1.165, 1.54) is 43.5 Å². The largest absolute Gasteiger partial charge is 0.870 e. The van der Waals surface area contributed by atoms with Crippen LogP contribution in [0.3, 0.4) is 0 Å². The van der Waals surface area contributed by atoms with Gasteiger partial charge in [-0.25, -0.2) is 9.59 Å². The molecule has 4 aromatic rings. The van der Waals surface area contributed by atoms with Crippen LogP contribution in [0.4, 0.5) is 5.69 Å². The number of hydrogen-bond acceptors (Lipinski definition) is 11. The second-order valence-electron chi connectivity index (χ2n) is 12.3. The molecule has 254 valence electrons. The van der Waals surface area contributed by atoms with Crippen molar-refractivity contribution in [3.63, 3.8) is 0 Å². The molecule has 13 heteroatoms. The maximum Gasteiger partial charge on any atom is 0.359 e. The average molecular weight is 662 g/mol. The molecule has 0 unspecified atom stereocenters. The standard InChI is InChI=1S/C35H38N2O11/c1-17(2)7-9-19-15-20(10-14-24(19)38)31(41)37-26-27(39)22-12-11-21(16-25(22)46-33(26)43)45-34-28(40)29(30(44-6)35(4,5)48-34)47-32(42)23-13-8-18(3)36-23/h7-8,10-16,28-30,34,36,38-40H,9H2,1-6H3,(H,37,41)/p-1/t28-,29+,30-,34-/m1/s1. The molecular formula is C35H37N2O11-. The maximum atomic E-state index is 13.3. The van der Waals surface area contributed by atoms with Crippen LogP contribution in [0.5, 0.6) is 17.2 Å². The number of hydrogen-bond donors (Lipinski definition) is 4. The molecular weight excluding hydrogens is 624 g/mol. The second-order valence-corrected chi connectivity index (χ2v) is 12.3. The van der Waals surface area contributed by atoms with Crippen molar-refractivity contribution in [2.24, 2.45) is 0 Å². The Kier molecular flexibility index (Phi) is 9.66. The number of amides is 1. The molecule has 1 aliphatic heterocycles. The molecule has 0 saturated carbocycles. The molecule has 2 aromatic heterocycles. The van der Waals surface area contributed by atoms with Gasteiger partial charge in [-0.2, -0.15) is 0 Å². The number of methoxy groups -OCH3 is 1. The molecule has 5 rings (SSSR count). The highest BCUT2D eigenvalue weighted by molar-refractivity contribution is 6.06. The number of benzene rings is 2. The van der Waals surface area contributed by atoms with Crippen molar-refractivity contribution in [3.8, 4) is 17.2 Å². The Balaban J connectivity index is 1.37. The van der Waals surface area contributed by atoms with Gasteiger partial charge in [0.05, 0.1) is 5.60 Å². The lowest BCUT2D eigenvalue weighted by Crippen LogP contribution is -2.65. The Morgan fingerprint density at radius 1 is 1.12 bits per heavy atom. The van der Waals surface area contributed by atoms with Gasteiger partial charge in [0, 0.05) is 29.8 Å². The van der Waals surface area contributed by atoms with E-state index in [1.807, 2.05) is 19.9 Å². The van der Waals surface area contributed by atoms with Gasteiger partial charge in [-0.05, 0) is 89.1 Å². The number of phenolic OH excluding ortho intramolecular Hbond substituents is 1. The summed E-state index contributed by atoms with van der Waals surface area (Å²) in [5, 5.41) is 37.0. The van der Waals surface area contributed by atoms with E-state index in [0.29, 0.717) is 12.0 Å². The first kappa shape index (κ1) is 34.2. The lowest BCUT2D eigenvalue weighted by atomic mass is 9.89. The summed E-state index contributed by atoms with van der Waals surface area (Å²) in [7, 11) is 1.40. The number of ether oxygens (including phenoxy) is 4. The van der Waals surface area contributed by atoms with E-state index in [2.05, 4.69) is 10.3 Å². The summed E-state index contributed by atoms with van der Waals surface area (Å²) in [5.41, 5.74) is -0.317. The molecule has 0 bridgehead atoms. The van der Waals surface area contributed by atoms with Gasteiger partial charge < -0.3 is 49.0 Å². The van der Waals surface area contributed by atoms with Gasteiger partial charge in [0.2, 0.25) is 6.29 Å². The Morgan fingerprint density at radius 3 is 2.54 bits per heavy atom. The predicted octanol–water partition coefficient (Wildman–Crippen LogP) is 4.08. The first-order valence-corrected chi connectivity index (χ1v) is 15.1. The summed E-state index contributed by atoms with van der Waals surface area (Å²) < 4.78 is 28.5. The minimum absolute atomic E-state index is 0.00761. The van der Waals surface area contributed by atoms with Crippen molar-refractivity contribution in [1.82, 2.24) is 4.98 Å². The number of anilines is 1. The zero-order valence-electron chi connectivity index (χ0n) is 27.3. The highest BCUT2D eigenvalue weighted by Gasteiger charge is 2.53. The molecule has 0 radical (unpaired) electrons. The molecule has 4 atom stereocenters. The van der Waals surface area contributed by atoms with E-state index in [-0.39, 0.29) is 33.7 Å². The highest BCUT2D eigenvalue weighted by atomic mass is 16.7. The Bertz CT molecular complexity index is 1940. The van der Waals surface area contributed by atoms with E-state index in [4.69, 9.17) is 23.4 Å². The Morgan fingerprint density at radius 2 is 1.88 bits per heavy atom. The maximum absolute atomic E-state index is 13.3. The number of aromatic nitrogens is 1. The van der Waals surface area contributed by atoms with Crippen LogP contribution in [0, 0.1) is 6.92 Å². The molecule has 4 N–H and O–H groups in total. The number of rotatable bonds is 9. The number of carbonyl (C=O) groups excluding carboxylic acids is 2. The fourth-order valence-electron chi connectivity index (χ4n) is 5.48. The van der Waals surface area contributed by atoms with Crippen LogP contribution in [-0.2, 0) is 20.6 Å². The predicted molar refractivity (Wildman–Crippen MR) is 172 cm³/mol. The second kappa shape index (κ2) is 13.6. The number of phenols is 1. The minimum Gasteiger partial charge on any atom is -0.870 e. The number of nitrogens with one attached hydrogen (secondary N) is 2. The quantitative estimate of drug-likeness (QED) is 0.115. The first-order chi connectivity index (χ1) is 22.7. The molecule has 48 heavy (non-hydrogen) atoms. The normalized spacial score (nSPS) is 20.2. The van der Waals surface area contributed by atoms with Crippen LogP contribution in [0.15, 0.2) is 69.4 Å². The van der Waals surface area contributed by atoms with Crippen molar-refractivity contribution in [2.75, 3.05) is 12.4 Å². The van der Waals surface area contributed by atoms with Crippen molar-refractivity contribution < 1.29 is 48.3 Å². The van der Waals surface area contributed by atoms with Crippen LogP contribution < -0.4 is 20.8 Å². The smallest absolute Gasteiger partial charge is 0.359 e. The number of allylic oxidation sites excluding steroid dienone is 2. The molecule has 1 aliphatic rings. The molecule has 0 spiro atoms. The van der Waals surface area contributed by atoms with Crippen molar-refractivity contribution in [1.29, 1.82) is 0 Å². The third-order valence-corrected chi connectivity index (χ3v) is 7.96. The van der Waals surface area contributed by atoms with Crippen LogP contribution in [0.25, 0.3) is 11.0 Å². The third-order valence-electron chi connectivity index (χ3n) is 7.96. The summed E-state index contributed by atoms with van der Waals surface area (Å²) in [6, 6.07) is 11.5. The number of esters is 1. The van der Waals surface area contributed by atoms with Crippen molar-refractivity contribution in [3.05, 3.63) is 93.1 Å². The highest BCUT2D eigenvalue weighted by Crippen LogP contribution is 2.36. The number of aromatic hydroxyl groups is 1. The Labute approximate surface area is 275 Å². The molecule has 2 aromatic carbocycles. The Hall–Kier alpha value is -5.11. The lowest BCUT2D eigenvalue weighted by Gasteiger charge is -2.47. The lowest BCUT2D eigenvalue weighted by molar-refractivity contribution is -0.305. The summed E-state index contributed by atoms with van der Waals surface area (Å²) >= 11 is 0. The number of H-pyrrole nitrogens is 1. The van der Waals surface area contributed by atoms with Crippen LogP contribution >= 0.6 is 0 Å². The number of aliphatic hydroxyl groups excluding tert-OH is 1. The van der Waals surface area contributed by atoms with Gasteiger partial charge in [0.25, 0.3) is 5.91 Å². The molecule has 3 heterocycles. The van der Waals surface area contributed by atoms with Crippen molar-refractivity contribution >= 4 is 28.5 Å². The summed E-state index contributed by atoms with van der Waals surface area (Å²) in [6.07, 6.45) is -2.67. The van der Waals surface area contributed by atoms with E-state index < -0.39 is 59.1 Å². The molecule has 1 amide bonds. The van der Waals surface area contributed by atoms with Gasteiger partial charge in [0.15, 0.2) is 12.2 Å². The van der Waals surface area contributed by atoms with E-state index in [0.717, 1.165) is 11.3 Å². The van der Waals surface area contributed by atoms with Crippen LogP contribution in [0.1, 0.15) is 59.8 Å². The van der Waals surface area contributed by atoms with E-state index >= 15 is 0 Å². The van der Waals surface area contributed by atoms with Gasteiger partial charge in [-0.1, -0.05) is 17.4 Å². The zero-order valence-corrected chi connectivity index (χ0v) is 27.3. The van der Waals surface area contributed by atoms with Gasteiger partial charge in [-0.15, -0.1) is 0 Å². The topological polar surface area (TPSA) is 193 Å². The van der Waals surface area contributed by atoms with Gasteiger partial charge in [-0.3, -0.25) is 4.79 Å². The number of fused-ring (bicyclic) bond motifs is 1. The molecule has 0 aliphatic carbocycles. The summed E-state index contributed by atoms with van der Waals surface area (Å²) in [4.78, 5) is 41.6.